The van der Waals surface area contributed by atoms with Crippen molar-refractivity contribution in [2.45, 2.75) is 6.92 Å². The van der Waals surface area contributed by atoms with E-state index in [0.717, 1.165) is 58.4 Å². The van der Waals surface area contributed by atoms with Crippen LogP contribution in [0.2, 0.25) is 0 Å². The zero-order chi connectivity index (χ0) is 13.1. The second-order valence-corrected chi connectivity index (χ2v) is 4.13. The van der Waals surface area contributed by atoms with Gasteiger partial charge in [0.2, 0.25) is 0 Å². The van der Waals surface area contributed by atoms with Crippen molar-refractivity contribution < 1.29 is 9.47 Å². The number of morpholine rings is 1. The quantitative estimate of drug-likeness (QED) is 0.282. The summed E-state index contributed by atoms with van der Waals surface area (Å²) >= 11 is 0. The maximum atomic E-state index is 5.32. The molecule has 1 aliphatic rings. The van der Waals surface area contributed by atoms with Crippen molar-refractivity contribution in [2.24, 2.45) is 4.99 Å². The van der Waals surface area contributed by atoms with Crippen molar-refractivity contribution in [2.75, 3.05) is 66.2 Å². The Morgan fingerprint density at radius 3 is 2.68 bits per heavy atom. The largest absolute Gasteiger partial charge is 0.383 e. The molecule has 1 aliphatic heterocycles. The summed E-state index contributed by atoms with van der Waals surface area (Å²) < 4.78 is 10.3. The van der Waals surface area contributed by atoms with Crippen LogP contribution < -0.4 is 10.6 Å². The van der Waals surface area contributed by atoms with Gasteiger partial charge in [-0.1, -0.05) is 0 Å². The summed E-state index contributed by atoms with van der Waals surface area (Å²) in [5, 5.41) is 6.45. The molecular weight excluding hydrogens is 359 g/mol. The molecule has 19 heavy (non-hydrogen) atoms. The number of nitrogens with zero attached hydrogens (tertiary/aromatic N) is 2. The molecule has 0 aliphatic carbocycles. The van der Waals surface area contributed by atoms with E-state index < -0.39 is 0 Å². The zero-order valence-corrected chi connectivity index (χ0v) is 14.3. The first-order valence-electron chi connectivity index (χ1n) is 6.68. The second kappa shape index (κ2) is 12.9. The lowest BCUT2D eigenvalue weighted by atomic mass is 10.4. The Morgan fingerprint density at radius 2 is 2.05 bits per heavy atom. The summed E-state index contributed by atoms with van der Waals surface area (Å²) in [4.78, 5) is 6.92. The molecule has 0 spiro atoms. The van der Waals surface area contributed by atoms with Crippen molar-refractivity contribution in [3.05, 3.63) is 0 Å². The number of halogens is 1. The predicted molar refractivity (Wildman–Crippen MR) is 88.5 cm³/mol. The molecule has 0 bridgehead atoms. The second-order valence-electron chi connectivity index (χ2n) is 4.13. The highest BCUT2D eigenvalue weighted by atomic mass is 127. The number of rotatable bonds is 7. The molecule has 0 aromatic heterocycles. The van der Waals surface area contributed by atoms with Gasteiger partial charge in [-0.3, -0.25) is 9.89 Å². The predicted octanol–water partition coefficient (Wildman–Crippen LogP) is 0.138. The van der Waals surface area contributed by atoms with E-state index in [-0.39, 0.29) is 24.0 Å². The Bertz CT molecular complexity index is 236. The molecule has 0 aromatic rings. The molecule has 0 unspecified atom stereocenters. The van der Waals surface area contributed by atoms with Gasteiger partial charge < -0.3 is 20.1 Å². The third kappa shape index (κ3) is 9.42. The highest BCUT2D eigenvalue weighted by molar-refractivity contribution is 14.0. The Kier molecular flexibility index (Phi) is 12.8. The minimum absolute atomic E-state index is 0. The van der Waals surface area contributed by atoms with E-state index in [2.05, 4.69) is 27.4 Å². The van der Waals surface area contributed by atoms with Crippen LogP contribution in [0.3, 0.4) is 0 Å². The highest BCUT2D eigenvalue weighted by Gasteiger charge is 2.08. The van der Waals surface area contributed by atoms with Crippen LogP contribution in [0, 0.1) is 0 Å². The maximum absolute atomic E-state index is 5.32. The SMILES string of the molecule is CCNC(=NCCN1CCOCC1)NCCOC.I. The normalized spacial score (nSPS) is 16.8. The summed E-state index contributed by atoms with van der Waals surface area (Å²) in [6.45, 7) is 9.92. The van der Waals surface area contributed by atoms with E-state index in [1.54, 1.807) is 7.11 Å². The van der Waals surface area contributed by atoms with E-state index >= 15 is 0 Å². The smallest absolute Gasteiger partial charge is 0.191 e. The molecule has 1 heterocycles. The van der Waals surface area contributed by atoms with Gasteiger partial charge in [0, 0.05) is 39.8 Å². The molecule has 7 heteroatoms. The van der Waals surface area contributed by atoms with Gasteiger partial charge >= 0.3 is 0 Å². The highest BCUT2D eigenvalue weighted by Crippen LogP contribution is 1.95. The molecule has 1 rings (SSSR count). The number of hydrogen-bond donors (Lipinski definition) is 2. The molecule has 0 atom stereocenters. The Morgan fingerprint density at radius 1 is 1.32 bits per heavy atom. The molecule has 0 aromatic carbocycles. The standard InChI is InChI=1S/C12H26N4O2.HI/c1-3-13-12(15-5-9-17-2)14-4-6-16-7-10-18-11-8-16;/h3-11H2,1-2H3,(H2,13,14,15);1H. The van der Waals surface area contributed by atoms with Gasteiger partial charge in [0.15, 0.2) is 5.96 Å². The van der Waals surface area contributed by atoms with Gasteiger partial charge in [0.25, 0.3) is 0 Å². The van der Waals surface area contributed by atoms with Crippen LogP contribution >= 0.6 is 24.0 Å². The topological polar surface area (TPSA) is 58.1 Å². The molecule has 0 amide bonds. The zero-order valence-electron chi connectivity index (χ0n) is 12.0. The van der Waals surface area contributed by atoms with Gasteiger partial charge in [-0.2, -0.15) is 0 Å². The summed E-state index contributed by atoms with van der Waals surface area (Å²) in [5.41, 5.74) is 0. The maximum Gasteiger partial charge on any atom is 0.191 e. The van der Waals surface area contributed by atoms with E-state index in [1.165, 1.54) is 0 Å². The molecule has 0 saturated carbocycles. The van der Waals surface area contributed by atoms with Crippen molar-refractivity contribution in [3.8, 4) is 0 Å². The van der Waals surface area contributed by atoms with Crippen LogP contribution in [0.1, 0.15) is 6.92 Å². The number of hydrogen-bond acceptors (Lipinski definition) is 4. The lowest BCUT2D eigenvalue weighted by Gasteiger charge is -2.25. The summed E-state index contributed by atoms with van der Waals surface area (Å²) in [6, 6.07) is 0. The Labute approximate surface area is 133 Å². The summed E-state index contributed by atoms with van der Waals surface area (Å²) in [5.74, 6) is 0.864. The van der Waals surface area contributed by atoms with Gasteiger partial charge in [0.05, 0.1) is 26.4 Å². The Hall–Kier alpha value is -0.120. The third-order valence-corrected chi connectivity index (χ3v) is 2.73. The lowest BCUT2D eigenvalue weighted by Crippen LogP contribution is -2.40. The van der Waals surface area contributed by atoms with E-state index in [4.69, 9.17) is 9.47 Å². The van der Waals surface area contributed by atoms with Gasteiger partial charge in [-0.15, -0.1) is 24.0 Å². The minimum Gasteiger partial charge on any atom is -0.383 e. The molecule has 114 valence electrons. The van der Waals surface area contributed by atoms with E-state index in [0.29, 0.717) is 6.61 Å². The van der Waals surface area contributed by atoms with Gasteiger partial charge in [-0.05, 0) is 6.92 Å². The molecule has 2 N–H and O–H groups in total. The fourth-order valence-electron chi connectivity index (χ4n) is 1.74. The monoisotopic (exact) mass is 386 g/mol. The van der Waals surface area contributed by atoms with Gasteiger partial charge in [0.1, 0.15) is 0 Å². The van der Waals surface area contributed by atoms with E-state index in [1.807, 2.05) is 0 Å². The first-order valence-corrected chi connectivity index (χ1v) is 6.68. The average Bonchev–Trinajstić information content (AvgIpc) is 2.40. The summed E-state index contributed by atoms with van der Waals surface area (Å²) in [6.07, 6.45) is 0. The van der Waals surface area contributed by atoms with Crippen LogP contribution in [0.4, 0.5) is 0 Å². The van der Waals surface area contributed by atoms with E-state index in [9.17, 15) is 0 Å². The minimum atomic E-state index is 0. The molecule has 6 nitrogen and oxygen atoms in total. The van der Waals surface area contributed by atoms with Crippen molar-refractivity contribution >= 4 is 29.9 Å². The molecular formula is C12H27IN4O2. The molecule has 1 saturated heterocycles. The van der Waals surface area contributed by atoms with Gasteiger partial charge in [-0.25, -0.2) is 0 Å². The van der Waals surface area contributed by atoms with Crippen LogP contribution in [-0.4, -0.2) is 77.1 Å². The Balaban J connectivity index is 0.00000324. The van der Waals surface area contributed by atoms with Crippen LogP contribution in [-0.2, 0) is 9.47 Å². The van der Waals surface area contributed by atoms with Crippen LogP contribution in [0.5, 0.6) is 0 Å². The first-order chi connectivity index (χ1) is 8.86. The summed E-state index contributed by atoms with van der Waals surface area (Å²) in [7, 11) is 1.70. The number of guanidine groups is 1. The number of nitrogens with one attached hydrogen (secondary N) is 2. The van der Waals surface area contributed by atoms with Crippen molar-refractivity contribution in [3.63, 3.8) is 0 Å². The van der Waals surface area contributed by atoms with Crippen molar-refractivity contribution in [1.29, 1.82) is 0 Å². The number of aliphatic imine (C=N–C) groups is 1. The average molecular weight is 386 g/mol. The molecule has 1 fully saturated rings. The van der Waals surface area contributed by atoms with Crippen LogP contribution in [0.15, 0.2) is 4.99 Å². The first kappa shape index (κ1) is 18.9. The van der Waals surface area contributed by atoms with Crippen LogP contribution in [0.25, 0.3) is 0 Å². The number of ether oxygens (including phenoxy) is 2. The lowest BCUT2D eigenvalue weighted by molar-refractivity contribution is 0.0394. The molecule has 0 radical (unpaired) electrons. The fraction of sp³-hybridized carbons (Fsp3) is 0.917. The number of methoxy groups -OCH3 is 1. The third-order valence-electron chi connectivity index (χ3n) is 2.73. The fourth-order valence-corrected chi connectivity index (χ4v) is 1.74. The van der Waals surface area contributed by atoms with Crippen molar-refractivity contribution in [1.82, 2.24) is 15.5 Å².